The first-order valence-corrected chi connectivity index (χ1v) is 10.3. The molecule has 0 spiro atoms. The lowest BCUT2D eigenvalue weighted by atomic mass is 10.2. The summed E-state index contributed by atoms with van der Waals surface area (Å²) in [5, 5.41) is 4.64. The predicted molar refractivity (Wildman–Crippen MR) is 110 cm³/mol. The summed E-state index contributed by atoms with van der Waals surface area (Å²) >= 11 is 2.42. The van der Waals surface area contributed by atoms with E-state index in [1.54, 1.807) is 10.9 Å². The summed E-state index contributed by atoms with van der Waals surface area (Å²) in [6, 6.07) is 5.74. The Balaban J connectivity index is 1.57. The Morgan fingerprint density at radius 1 is 1.35 bits per heavy atom. The van der Waals surface area contributed by atoms with Crippen molar-refractivity contribution in [2.75, 3.05) is 45.2 Å². The van der Waals surface area contributed by atoms with E-state index in [0.29, 0.717) is 22.2 Å². The topological polar surface area (TPSA) is 78.4 Å². The number of pyridine rings is 1. The number of halogens is 1. The predicted octanol–water partition coefficient (Wildman–Crippen LogP) is 2.84. The van der Waals surface area contributed by atoms with Crippen LogP contribution in [0.1, 0.15) is 29.4 Å². The molecule has 1 aliphatic heterocycles. The molecule has 3 rings (SSSR count). The van der Waals surface area contributed by atoms with E-state index in [1.807, 2.05) is 18.2 Å². The minimum absolute atomic E-state index is 0.372. The van der Waals surface area contributed by atoms with Crippen molar-refractivity contribution in [1.29, 1.82) is 0 Å². The smallest absolute Gasteiger partial charge is 0.213 e. The van der Waals surface area contributed by atoms with Gasteiger partial charge in [0.2, 0.25) is 5.88 Å². The van der Waals surface area contributed by atoms with E-state index in [0.717, 1.165) is 57.1 Å². The highest BCUT2D eigenvalue weighted by atomic mass is 127. The maximum atomic E-state index is 6.13. The van der Waals surface area contributed by atoms with Crippen LogP contribution in [0.3, 0.4) is 0 Å². The van der Waals surface area contributed by atoms with Gasteiger partial charge in [-0.3, -0.25) is 4.90 Å². The van der Waals surface area contributed by atoms with Crippen molar-refractivity contribution in [3.8, 4) is 11.6 Å². The Bertz CT molecular complexity index is 685. The lowest BCUT2D eigenvalue weighted by molar-refractivity contribution is 0.0320. The molecule has 0 radical (unpaired) electrons. The van der Waals surface area contributed by atoms with E-state index in [2.05, 4.69) is 44.5 Å². The van der Waals surface area contributed by atoms with Gasteiger partial charge < -0.3 is 15.2 Å². The molecule has 8 heteroatoms. The van der Waals surface area contributed by atoms with Crippen LogP contribution in [0, 0.1) is 0 Å². The number of aromatic nitrogens is 3. The zero-order valence-electron chi connectivity index (χ0n) is 15.1. The van der Waals surface area contributed by atoms with Gasteiger partial charge in [-0.15, -0.1) is 0 Å². The summed E-state index contributed by atoms with van der Waals surface area (Å²) < 4.78 is 13.2. The maximum Gasteiger partial charge on any atom is 0.213 e. The van der Waals surface area contributed by atoms with Crippen molar-refractivity contribution in [2.45, 2.75) is 23.7 Å². The SMILES string of the molecule is CCCC(I)c1cc(N)n(-c2ccc(OCCN3CCOCC3)nc2)n1. The number of hydrogen-bond acceptors (Lipinski definition) is 6. The van der Waals surface area contributed by atoms with Crippen LogP contribution in [0.15, 0.2) is 24.4 Å². The van der Waals surface area contributed by atoms with Crippen LogP contribution in [-0.2, 0) is 4.74 Å². The molecular weight excluding hydrogens is 445 g/mol. The Labute approximate surface area is 168 Å². The summed E-state index contributed by atoms with van der Waals surface area (Å²) in [5.41, 5.74) is 7.98. The van der Waals surface area contributed by atoms with E-state index in [4.69, 9.17) is 15.2 Å². The number of alkyl halides is 1. The van der Waals surface area contributed by atoms with Crippen LogP contribution >= 0.6 is 22.6 Å². The Morgan fingerprint density at radius 3 is 2.85 bits per heavy atom. The third-order valence-corrected chi connectivity index (χ3v) is 5.61. The molecule has 7 nitrogen and oxygen atoms in total. The Hall–Kier alpha value is -1.39. The molecule has 0 aliphatic carbocycles. The van der Waals surface area contributed by atoms with Gasteiger partial charge >= 0.3 is 0 Å². The van der Waals surface area contributed by atoms with Crippen molar-refractivity contribution >= 4 is 28.4 Å². The molecule has 1 atom stereocenters. The van der Waals surface area contributed by atoms with Crippen molar-refractivity contribution in [3.05, 3.63) is 30.1 Å². The first kappa shape index (κ1) is 19.4. The number of nitrogens with zero attached hydrogens (tertiary/aromatic N) is 4. The standard InChI is InChI=1S/C18H26IN5O2/c1-2-3-15(19)16-12-17(20)24(22-16)14-4-5-18(21-13-14)26-11-8-23-6-9-25-10-7-23/h4-5,12-13,15H,2-3,6-11,20H2,1H3. The molecule has 142 valence electrons. The molecule has 1 fully saturated rings. The molecule has 26 heavy (non-hydrogen) atoms. The summed E-state index contributed by atoms with van der Waals surface area (Å²) in [6.07, 6.45) is 3.96. The normalized spacial score (nSPS) is 16.5. The molecular formula is C18H26IN5O2. The highest BCUT2D eigenvalue weighted by Gasteiger charge is 2.14. The zero-order valence-corrected chi connectivity index (χ0v) is 17.3. The van der Waals surface area contributed by atoms with Gasteiger partial charge in [0.25, 0.3) is 0 Å². The summed E-state index contributed by atoms with van der Waals surface area (Å²) in [4.78, 5) is 6.72. The summed E-state index contributed by atoms with van der Waals surface area (Å²) in [6.45, 7) is 7.21. The molecule has 2 aromatic heterocycles. The van der Waals surface area contributed by atoms with Crippen molar-refractivity contribution in [3.63, 3.8) is 0 Å². The molecule has 3 heterocycles. The van der Waals surface area contributed by atoms with Crippen molar-refractivity contribution in [2.24, 2.45) is 0 Å². The largest absolute Gasteiger partial charge is 0.476 e. The number of hydrogen-bond donors (Lipinski definition) is 1. The Morgan fingerprint density at radius 2 is 2.15 bits per heavy atom. The number of morpholine rings is 1. The monoisotopic (exact) mass is 471 g/mol. The minimum Gasteiger partial charge on any atom is -0.476 e. The third kappa shape index (κ3) is 5.08. The van der Waals surface area contributed by atoms with E-state index in [9.17, 15) is 0 Å². The molecule has 0 aromatic carbocycles. The number of rotatable bonds is 8. The van der Waals surface area contributed by atoms with Gasteiger partial charge in [0.05, 0.1) is 34.7 Å². The fourth-order valence-electron chi connectivity index (χ4n) is 2.86. The van der Waals surface area contributed by atoms with Crippen LogP contribution in [0.4, 0.5) is 5.82 Å². The van der Waals surface area contributed by atoms with Crippen LogP contribution in [0.2, 0.25) is 0 Å². The number of nitrogens with two attached hydrogens (primary N) is 1. The molecule has 0 amide bonds. The quantitative estimate of drug-likeness (QED) is 0.472. The molecule has 0 saturated carbocycles. The van der Waals surface area contributed by atoms with Crippen LogP contribution < -0.4 is 10.5 Å². The van der Waals surface area contributed by atoms with Gasteiger partial charge in [-0.1, -0.05) is 35.9 Å². The highest BCUT2D eigenvalue weighted by molar-refractivity contribution is 14.1. The fourth-order valence-corrected chi connectivity index (χ4v) is 3.79. The second-order valence-corrected chi connectivity index (χ2v) is 7.82. The summed E-state index contributed by atoms with van der Waals surface area (Å²) in [5.74, 6) is 1.24. The first-order valence-electron chi connectivity index (χ1n) is 9.06. The Kier molecular flexibility index (Phi) is 7.09. The molecule has 2 aromatic rings. The molecule has 2 N–H and O–H groups in total. The lowest BCUT2D eigenvalue weighted by Crippen LogP contribution is -2.38. The molecule has 1 saturated heterocycles. The average molecular weight is 471 g/mol. The van der Waals surface area contributed by atoms with Gasteiger partial charge in [-0.25, -0.2) is 9.67 Å². The number of nitrogen functional groups attached to an aromatic ring is 1. The minimum atomic E-state index is 0.372. The van der Waals surface area contributed by atoms with Crippen LogP contribution in [0.5, 0.6) is 5.88 Å². The van der Waals surface area contributed by atoms with Gasteiger partial charge in [0, 0.05) is 31.8 Å². The first-order chi connectivity index (χ1) is 12.7. The zero-order chi connectivity index (χ0) is 18.4. The second kappa shape index (κ2) is 9.52. The third-order valence-electron chi connectivity index (χ3n) is 4.35. The van der Waals surface area contributed by atoms with E-state index in [-0.39, 0.29) is 0 Å². The summed E-state index contributed by atoms with van der Waals surface area (Å²) in [7, 11) is 0. The second-order valence-electron chi connectivity index (χ2n) is 6.32. The van der Waals surface area contributed by atoms with E-state index >= 15 is 0 Å². The maximum absolute atomic E-state index is 6.13. The lowest BCUT2D eigenvalue weighted by Gasteiger charge is -2.26. The fraction of sp³-hybridized carbons (Fsp3) is 0.556. The van der Waals surface area contributed by atoms with E-state index < -0.39 is 0 Å². The molecule has 1 aliphatic rings. The average Bonchev–Trinajstić information content (AvgIpc) is 3.05. The van der Waals surface area contributed by atoms with E-state index in [1.165, 1.54) is 0 Å². The van der Waals surface area contributed by atoms with Gasteiger partial charge in [-0.05, 0) is 12.5 Å². The van der Waals surface area contributed by atoms with Gasteiger partial charge in [0.15, 0.2) is 0 Å². The molecule has 1 unspecified atom stereocenters. The van der Waals surface area contributed by atoms with Crippen LogP contribution in [-0.4, -0.2) is 59.1 Å². The number of anilines is 1. The highest BCUT2D eigenvalue weighted by Crippen LogP contribution is 2.29. The van der Waals surface area contributed by atoms with Crippen molar-refractivity contribution in [1.82, 2.24) is 19.7 Å². The van der Waals surface area contributed by atoms with Crippen molar-refractivity contribution < 1.29 is 9.47 Å². The number of ether oxygens (including phenoxy) is 2. The van der Waals surface area contributed by atoms with Gasteiger partial charge in [-0.2, -0.15) is 5.10 Å². The van der Waals surface area contributed by atoms with Gasteiger partial charge in [0.1, 0.15) is 12.4 Å². The van der Waals surface area contributed by atoms with Crippen LogP contribution in [0.25, 0.3) is 5.69 Å². The molecule has 0 bridgehead atoms.